The van der Waals surface area contributed by atoms with Crippen molar-refractivity contribution in [2.24, 2.45) is 0 Å². The van der Waals surface area contributed by atoms with Crippen molar-refractivity contribution < 1.29 is 4.79 Å². The van der Waals surface area contributed by atoms with Crippen LogP contribution in [0.5, 0.6) is 0 Å². The van der Waals surface area contributed by atoms with Crippen LogP contribution in [-0.4, -0.2) is 10.8 Å². The van der Waals surface area contributed by atoms with Gasteiger partial charge in [-0.1, -0.05) is 25.5 Å². The summed E-state index contributed by atoms with van der Waals surface area (Å²) in [5.74, 6) is 0.182. The van der Waals surface area contributed by atoms with Crippen molar-refractivity contribution in [3.63, 3.8) is 0 Å². The molecule has 1 aromatic rings. The molecule has 2 nitrogen and oxygen atoms in total. The van der Waals surface area contributed by atoms with Crippen LogP contribution in [0.4, 0.5) is 0 Å². The monoisotopic (exact) mass is 231 g/mol. The summed E-state index contributed by atoms with van der Waals surface area (Å²) in [7, 11) is 0. The van der Waals surface area contributed by atoms with Crippen molar-refractivity contribution in [2.45, 2.75) is 45.4 Å². The number of hydrogen-bond acceptors (Lipinski definition) is 2. The van der Waals surface area contributed by atoms with E-state index in [2.05, 4.69) is 18.5 Å². The summed E-state index contributed by atoms with van der Waals surface area (Å²) in [5.41, 5.74) is 1.72. The molecular weight excluding hydrogens is 210 g/mol. The molecule has 1 heterocycles. The molecule has 92 valence electrons. The fourth-order valence-corrected chi connectivity index (χ4v) is 1.84. The van der Waals surface area contributed by atoms with Crippen LogP contribution < -0.4 is 0 Å². The van der Waals surface area contributed by atoms with Gasteiger partial charge in [-0.25, -0.2) is 0 Å². The zero-order valence-electron chi connectivity index (χ0n) is 10.6. The number of pyridine rings is 1. The highest BCUT2D eigenvalue weighted by atomic mass is 16.1. The summed E-state index contributed by atoms with van der Waals surface area (Å²) < 4.78 is 0. The Morgan fingerprint density at radius 1 is 1.41 bits per heavy atom. The third kappa shape index (κ3) is 4.51. The van der Waals surface area contributed by atoms with E-state index < -0.39 is 0 Å². The second-order valence-electron chi connectivity index (χ2n) is 4.18. The number of aromatic nitrogens is 1. The first-order chi connectivity index (χ1) is 8.29. The fraction of sp³-hybridized carbons (Fsp3) is 0.467. The third-order valence-electron chi connectivity index (χ3n) is 2.85. The molecule has 1 rings (SSSR count). The number of carbonyl (C=O) groups is 1. The number of hydrogen-bond donors (Lipinski definition) is 0. The minimum atomic E-state index is 0.182. The first kappa shape index (κ1) is 13.6. The van der Waals surface area contributed by atoms with Crippen LogP contribution in [-0.2, 0) is 6.42 Å². The molecule has 0 atom stereocenters. The van der Waals surface area contributed by atoms with Gasteiger partial charge in [-0.2, -0.15) is 0 Å². The highest BCUT2D eigenvalue weighted by Crippen LogP contribution is 2.12. The lowest BCUT2D eigenvalue weighted by Gasteiger charge is -2.05. The Morgan fingerprint density at radius 3 is 2.94 bits per heavy atom. The van der Waals surface area contributed by atoms with Crippen molar-refractivity contribution in [1.82, 2.24) is 4.98 Å². The Morgan fingerprint density at radius 2 is 2.24 bits per heavy atom. The van der Waals surface area contributed by atoms with E-state index in [4.69, 9.17) is 0 Å². The Labute approximate surface area is 104 Å². The van der Waals surface area contributed by atoms with Gasteiger partial charge in [0.05, 0.1) is 0 Å². The van der Waals surface area contributed by atoms with Gasteiger partial charge in [-0.05, 0) is 37.3 Å². The molecule has 0 fully saturated rings. The highest BCUT2D eigenvalue weighted by molar-refractivity contribution is 5.95. The molecule has 0 aliphatic heterocycles. The van der Waals surface area contributed by atoms with Crippen molar-refractivity contribution >= 4 is 5.78 Å². The quantitative estimate of drug-likeness (QED) is 0.385. The van der Waals surface area contributed by atoms with E-state index in [1.54, 1.807) is 6.20 Å². The lowest BCUT2D eigenvalue weighted by atomic mass is 10.0. The molecule has 2 heteroatoms. The number of aryl methyl sites for hydroxylation is 1. The molecule has 0 radical (unpaired) electrons. The summed E-state index contributed by atoms with van der Waals surface area (Å²) in [5, 5.41) is 0. The van der Waals surface area contributed by atoms with Gasteiger partial charge >= 0.3 is 0 Å². The van der Waals surface area contributed by atoms with E-state index in [0.717, 1.165) is 37.7 Å². The van der Waals surface area contributed by atoms with Gasteiger partial charge in [-0.3, -0.25) is 9.78 Å². The van der Waals surface area contributed by atoms with Crippen molar-refractivity contribution in [1.29, 1.82) is 0 Å². The predicted octanol–water partition coefficient (Wildman–Crippen LogP) is 3.96. The fourth-order valence-electron chi connectivity index (χ4n) is 1.84. The maximum absolute atomic E-state index is 12.0. The van der Waals surface area contributed by atoms with Crippen molar-refractivity contribution in [2.75, 3.05) is 0 Å². The molecule has 0 saturated heterocycles. The summed E-state index contributed by atoms with van der Waals surface area (Å²) >= 11 is 0. The number of allylic oxidation sites excluding steroid dienone is 1. The van der Waals surface area contributed by atoms with E-state index in [-0.39, 0.29) is 5.78 Å². The molecule has 0 saturated carbocycles. The first-order valence-electron chi connectivity index (χ1n) is 6.37. The molecule has 0 aliphatic rings. The molecule has 17 heavy (non-hydrogen) atoms. The van der Waals surface area contributed by atoms with Gasteiger partial charge in [0, 0.05) is 12.6 Å². The van der Waals surface area contributed by atoms with Gasteiger partial charge in [0.25, 0.3) is 0 Å². The van der Waals surface area contributed by atoms with Gasteiger partial charge in [-0.15, -0.1) is 6.58 Å². The summed E-state index contributed by atoms with van der Waals surface area (Å²) in [6.07, 6.45) is 9.31. The number of unbranched alkanes of at least 4 members (excludes halogenated alkanes) is 3. The lowest BCUT2D eigenvalue weighted by Crippen LogP contribution is -2.06. The van der Waals surface area contributed by atoms with Crippen LogP contribution in [0.3, 0.4) is 0 Å². The van der Waals surface area contributed by atoms with Crippen LogP contribution in [0.15, 0.2) is 31.0 Å². The van der Waals surface area contributed by atoms with Crippen molar-refractivity contribution in [3.05, 3.63) is 42.2 Å². The Balaban J connectivity index is 2.44. The Hall–Kier alpha value is -1.44. The smallest absolute Gasteiger partial charge is 0.181 e. The van der Waals surface area contributed by atoms with Crippen LogP contribution >= 0.6 is 0 Å². The van der Waals surface area contributed by atoms with Crippen LogP contribution in [0.1, 0.15) is 55.1 Å². The summed E-state index contributed by atoms with van der Waals surface area (Å²) in [6, 6.07) is 3.87. The molecular formula is C15H21NO. The summed E-state index contributed by atoms with van der Waals surface area (Å²) in [4.78, 5) is 16.2. The third-order valence-corrected chi connectivity index (χ3v) is 2.85. The van der Waals surface area contributed by atoms with Crippen LogP contribution in [0.25, 0.3) is 0 Å². The minimum Gasteiger partial charge on any atom is -0.292 e. The molecule has 0 N–H and O–H groups in total. The predicted molar refractivity (Wildman–Crippen MR) is 71.2 cm³/mol. The second kappa shape index (κ2) is 7.77. The molecule has 1 aromatic heterocycles. The van der Waals surface area contributed by atoms with Crippen LogP contribution in [0.2, 0.25) is 0 Å². The number of ketones is 1. The maximum atomic E-state index is 12.0. The molecule has 0 spiro atoms. The Bertz CT molecular complexity index is 371. The molecule has 0 aliphatic carbocycles. The lowest BCUT2D eigenvalue weighted by molar-refractivity contribution is 0.0973. The number of nitrogens with zero attached hydrogens (tertiary/aromatic N) is 1. The molecule has 0 unspecified atom stereocenters. The minimum absolute atomic E-state index is 0.182. The first-order valence-corrected chi connectivity index (χ1v) is 6.37. The number of rotatable bonds is 8. The zero-order chi connectivity index (χ0) is 12.5. The van der Waals surface area contributed by atoms with Gasteiger partial charge < -0.3 is 0 Å². The SMILES string of the molecule is C=CCCCCCC(=O)c1ncccc1CC. The molecule has 0 bridgehead atoms. The highest BCUT2D eigenvalue weighted by Gasteiger charge is 2.10. The van der Waals surface area contributed by atoms with E-state index in [1.165, 1.54) is 0 Å². The van der Waals surface area contributed by atoms with E-state index >= 15 is 0 Å². The van der Waals surface area contributed by atoms with E-state index in [1.807, 2.05) is 18.2 Å². The summed E-state index contributed by atoms with van der Waals surface area (Å²) in [6.45, 7) is 5.74. The average molecular weight is 231 g/mol. The Kier molecular flexibility index (Phi) is 6.23. The van der Waals surface area contributed by atoms with Gasteiger partial charge in [0.15, 0.2) is 5.78 Å². The van der Waals surface area contributed by atoms with Crippen LogP contribution in [0, 0.1) is 0 Å². The normalized spacial score (nSPS) is 10.2. The van der Waals surface area contributed by atoms with E-state index in [9.17, 15) is 4.79 Å². The van der Waals surface area contributed by atoms with Gasteiger partial charge in [0.2, 0.25) is 0 Å². The second-order valence-corrected chi connectivity index (χ2v) is 4.18. The zero-order valence-corrected chi connectivity index (χ0v) is 10.6. The standard InChI is InChI=1S/C15H21NO/c1-3-5-6-7-8-11-14(17)15-13(4-2)10-9-12-16-15/h3,9-10,12H,1,4-8,11H2,2H3. The topological polar surface area (TPSA) is 30.0 Å². The van der Waals surface area contributed by atoms with E-state index in [0.29, 0.717) is 12.1 Å². The average Bonchev–Trinajstić information content (AvgIpc) is 2.38. The number of Topliss-reactive ketones (excluding diaryl/α,β-unsaturated/α-hetero) is 1. The number of carbonyl (C=O) groups excluding carboxylic acids is 1. The van der Waals surface area contributed by atoms with Crippen molar-refractivity contribution in [3.8, 4) is 0 Å². The maximum Gasteiger partial charge on any atom is 0.181 e. The van der Waals surface area contributed by atoms with Gasteiger partial charge in [0.1, 0.15) is 5.69 Å². The molecule has 0 amide bonds. The largest absolute Gasteiger partial charge is 0.292 e. The molecule has 0 aromatic carbocycles.